The van der Waals surface area contributed by atoms with E-state index in [-0.39, 0.29) is 12.6 Å². The van der Waals surface area contributed by atoms with Crippen LogP contribution in [0.1, 0.15) is 25.2 Å². The van der Waals surface area contributed by atoms with Crippen LogP contribution in [0.15, 0.2) is 18.2 Å². The second-order valence-corrected chi connectivity index (χ2v) is 4.43. The summed E-state index contributed by atoms with van der Waals surface area (Å²) in [5.74, 6) is 0.666. The van der Waals surface area contributed by atoms with Crippen LogP contribution >= 0.6 is 0 Å². The second kappa shape index (κ2) is 5.37. The molecule has 0 aliphatic carbocycles. The van der Waals surface area contributed by atoms with Crippen LogP contribution in [0.5, 0.6) is 0 Å². The number of aromatic nitrogens is 2. The van der Waals surface area contributed by atoms with Crippen molar-refractivity contribution in [1.82, 2.24) is 9.55 Å². The lowest BCUT2D eigenvalue weighted by Crippen LogP contribution is -2.11. The smallest absolute Gasteiger partial charge is 0.135 e. The predicted molar refractivity (Wildman–Crippen MR) is 71.3 cm³/mol. The van der Waals surface area contributed by atoms with Gasteiger partial charge in [0.2, 0.25) is 0 Å². The molecule has 0 radical (unpaired) electrons. The van der Waals surface area contributed by atoms with Crippen LogP contribution in [-0.2, 0) is 11.3 Å². The number of benzene rings is 1. The zero-order chi connectivity index (χ0) is 13.1. The summed E-state index contributed by atoms with van der Waals surface area (Å²) in [5.41, 5.74) is 8.25. The Kier molecular flexibility index (Phi) is 3.84. The van der Waals surface area contributed by atoms with Gasteiger partial charge in [-0.1, -0.05) is 0 Å². The fraction of sp³-hybridized carbons (Fsp3) is 0.462. The molecule has 5 nitrogen and oxygen atoms in total. The van der Waals surface area contributed by atoms with Crippen LogP contribution in [0.2, 0.25) is 0 Å². The van der Waals surface area contributed by atoms with Gasteiger partial charge in [-0.15, -0.1) is 0 Å². The maximum Gasteiger partial charge on any atom is 0.135 e. The second-order valence-electron chi connectivity index (χ2n) is 4.43. The van der Waals surface area contributed by atoms with Crippen LogP contribution in [0, 0.1) is 0 Å². The SMILES string of the molecule is COCCC(C)n1c(CO)nc2cc(N)ccc21. The van der Waals surface area contributed by atoms with Crippen molar-refractivity contribution >= 4 is 16.7 Å². The van der Waals surface area contributed by atoms with Gasteiger partial charge < -0.3 is 20.1 Å². The molecule has 98 valence electrons. The number of aliphatic hydroxyl groups excluding tert-OH is 1. The molecule has 18 heavy (non-hydrogen) atoms. The minimum absolute atomic E-state index is 0.0775. The van der Waals surface area contributed by atoms with Gasteiger partial charge in [0.05, 0.1) is 11.0 Å². The number of aliphatic hydroxyl groups is 1. The average molecular weight is 249 g/mol. The van der Waals surface area contributed by atoms with E-state index < -0.39 is 0 Å². The number of ether oxygens (including phenoxy) is 1. The lowest BCUT2D eigenvalue weighted by Gasteiger charge is -2.16. The number of imidazole rings is 1. The van der Waals surface area contributed by atoms with Crippen molar-refractivity contribution < 1.29 is 9.84 Å². The molecule has 2 rings (SSSR count). The van der Waals surface area contributed by atoms with Crippen molar-refractivity contribution in [1.29, 1.82) is 0 Å². The van der Waals surface area contributed by atoms with E-state index in [0.29, 0.717) is 18.1 Å². The first-order valence-electron chi connectivity index (χ1n) is 6.03. The Labute approximate surface area is 106 Å². The van der Waals surface area contributed by atoms with Crippen molar-refractivity contribution in [3.05, 3.63) is 24.0 Å². The van der Waals surface area contributed by atoms with Crippen LogP contribution in [0.4, 0.5) is 5.69 Å². The van der Waals surface area contributed by atoms with Crippen molar-refractivity contribution in [2.24, 2.45) is 0 Å². The fourth-order valence-electron chi connectivity index (χ4n) is 2.19. The molecule has 0 spiro atoms. The quantitative estimate of drug-likeness (QED) is 0.791. The van der Waals surface area contributed by atoms with Gasteiger partial charge in [-0.25, -0.2) is 4.98 Å². The monoisotopic (exact) mass is 249 g/mol. The molecule has 0 aliphatic rings. The summed E-state index contributed by atoms with van der Waals surface area (Å²) in [6.45, 7) is 2.70. The highest BCUT2D eigenvalue weighted by Crippen LogP contribution is 2.24. The molecular weight excluding hydrogens is 230 g/mol. The minimum Gasteiger partial charge on any atom is -0.399 e. The highest BCUT2D eigenvalue weighted by atomic mass is 16.5. The Morgan fingerprint density at radius 3 is 2.94 bits per heavy atom. The molecule has 1 heterocycles. The Hall–Kier alpha value is -1.59. The Balaban J connectivity index is 2.46. The number of rotatable bonds is 5. The van der Waals surface area contributed by atoms with E-state index >= 15 is 0 Å². The molecule has 5 heteroatoms. The van der Waals surface area contributed by atoms with E-state index in [4.69, 9.17) is 10.5 Å². The molecule has 1 atom stereocenters. The number of methoxy groups -OCH3 is 1. The molecule has 1 aromatic heterocycles. The molecule has 1 aromatic carbocycles. The van der Waals surface area contributed by atoms with Crippen molar-refractivity contribution in [3.63, 3.8) is 0 Å². The summed E-state index contributed by atoms with van der Waals surface area (Å²) in [4.78, 5) is 4.41. The summed E-state index contributed by atoms with van der Waals surface area (Å²) in [6, 6.07) is 5.85. The molecule has 1 unspecified atom stereocenters. The standard InChI is InChI=1S/C13H19N3O2/c1-9(5-6-18-2)16-12-4-3-10(14)7-11(12)15-13(16)8-17/h3-4,7,9,17H,5-6,8,14H2,1-2H3. The maximum atomic E-state index is 9.42. The molecule has 0 bridgehead atoms. The Morgan fingerprint density at radius 1 is 1.50 bits per heavy atom. The first-order chi connectivity index (χ1) is 8.67. The number of hydrogen-bond donors (Lipinski definition) is 2. The van der Waals surface area contributed by atoms with Crippen LogP contribution in [0.3, 0.4) is 0 Å². The molecule has 0 fully saturated rings. The van der Waals surface area contributed by atoms with Crippen molar-refractivity contribution in [2.75, 3.05) is 19.5 Å². The van der Waals surface area contributed by atoms with E-state index in [9.17, 15) is 5.11 Å². The first-order valence-corrected chi connectivity index (χ1v) is 6.03. The number of hydrogen-bond acceptors (Lipinski definition) is 4. The lowest BCUT2D eigenvalue weighted by atomic mass is 10.2. The van der Waals surface area contributed by atoms with Gasteiger partial charge in [-0.05, 0) is 31.5 Å². The predicted octanol–water partition coefficient (Wildman–Crippen LogP) is 1.71. The van der Waals surface area contributed by atoms with Gasteiger partial charge in [0.25, 0.3) is 0 Å². The van der Waals surface area contributed by atoms with E-state index in [0.717, 1.165) is 17.5 Å². The highest BCUT2D eigenvalue weighted by Gasteiger charge is 2.15. The topological polar surface area (TPSA) is 73.3 Å². The maximum absolute atomic E-state index is 9.42. The number of nitrogens with two attached hydrogens (primary N) is 1. The normalized spacial score (nSPS) is 13.1. The minimum atomic E-state index is -0.0775. The number of anilines is 1. The number of nitrogens with zero attached hydrogens (tertiary/aromatic N) is 2. The molecule has 0 saturated carbocycles. The third-order valence-corrected chi connectivity index (χ3v) is 3.11. The number of fused-ring (bicyclic) bond motifs is 1. The summed E-state index contributed by atoms with van der Waals surface area (Å²) >= 11 is 0. The van der Waals surface area contributed by atoms with E-state index in [1.165, 1.54) is 0 Å². The van der Waals surface area contributed by atoms with Crippen LogP contribution < -0.4 is 5.73 Å². The van der Waals surface area contributed by atoms with E-state index in [1.807, 2.05) is 22.8 Å². The van der Waals surface area contributed by atoms with Gasteiger partial charge in [0.15, 0.2) is 0 Å². The molecule has 0 amide bonds. The summed E-state index contributed by atoms with van der Waals surface area (Å²) in [5, 5.41) is 9.42. The van der Waals surface area contributed by atoms with Gasteiger partial charge in [0, 0.05) is 25.4 Å². The van der Waals surface area contributed by atoms with Gasteiger partial charge in [-0.2, -0.15) is 0 Å². The Morgan fingerprint density at radius 2 is 2.28 bits per heavy atom. The molecular formula is C13H19N3O2. The van der Waals surface area contributed by atoms with Gasteiger partial charge in [-0.3, -0.25) is 0 Å². The molecule has 0 saturated heterocycles. The number of nitrogen functional groups attached to an aromatic ring is 1. The molecule has 0 aliphatic heterocycles. The summed E-state index contributed by atoms with van der Waals surface area (Å²) in [6.07, 6.45) is 0.874. The van der Waals surface area contributed by atoms with Crippen LogP contribution in [-0.4, -0.2) is 28.4 Å². The third kappa shape index (κ3) is 2.32. The van der Waals surface area contributed by atoms with Gasteiger partial charge in [0.1, 0.15) is 12.4 Å². The zero-order valence-corrected chi connectivity index (χ0v) is 10.8. The summed E-state index contributed by atoms with van der Waals surface area (Å²) in [7, 11) is 1.69. The molecule has 2 aromatic rings. The third-order valence-electron chi connectivity index (χ3n) is 3.11. The average Bonchev–Trinajstić information content (AvgIpc) is 2.73. The lowest BCUT2D eigenvalue weighted by molar-refractivity contribution is 0.179. The Bertz CT molecular complexity index is 536. The van der Waals surface area contributed by atoms with Crippen LogP contribution in [0.25, 0.3) is 11.0 Å². The summed E-state index contributed by atoms with van der Waals surface area (Å²) < 4.78 is 7.15. The molecule has 3 N–H and O–H groups in total. The van der Waals surface area contributed by atoms with E-state index in [1.54, 1.807) is 7.11 Å². The fourth-order valence-corrected chi connectivity index (χ4v) is 2.19. The van der Waals surface area contributed by atoms with Gasteiger partial charge >= 0.3 is 0 Å². The van der Waals surface area contributed by atoms with Crippen molar-refractivity contribution in [2.45, 2.75) is 26.0 Å². The van der Waals surface area contributed by atoms with E-state index in [2.05, 4.69) is 11.9 Å². The zero-order valence-electron chi connectivity index (χ0n) is 10.8. The highest BCUT2D eigenvalue weighted by molar-refractivity contribution is 5.79. The largest absolute Gasteiger partial charge is 0.399 e. The first kappa shape index (κ1) is 12.9. The van der Waals surface area contributed by atoms with Crippen molar-refractivity contribution in [3.8, 4) is 0 Å².